The maximum atomic E-state index is 12.2. The second-order valence-corrected chi connectivity index (χ2v) is 3.00. The smallest absolute Gasteiger partial charge is 0.284 e. The van der Waals surface area contributed by atoms with E-state index in [1.54, 1.807) is 0 Å². The Morgan fingerprint density at radius 1 is 1.62 bits per heavy atom. The van der Waals surface area contributed by atoms with Crippen molar-refractivity contribution in [2.45, 2.75) is 6.43 Å². The molecule has 0 saturated carbocycles. The van der Waals surface area contributed by atoms with Crippen molar-refractivity contribution in [3.05, 3.63) is 21.9 Å². The van der Waals surface area contributed by atoms with Crippen molar-refractivity contribution in [1.82, 2.24) is 4.98 Å². The van der Waals surface area contributed by atoms with E-state index in [4.69, 9.17) is 5.11 Å². The van der Waals surface area contributed by atoms with Gasteiger partial charge in [0.15, 0.2) is 12.0 Å². The second-order valence-electron chi connectivity index (χ2n) is 2.19. The molecule has 0 saturated heterocycles. The van der Waals surface area contributed by atoms with Crippen molar-refractivity contribution in [3.8, 4) is 5.75 Å². The lowest BCUT2D eigenvalue weighted by atomic mass is 10.2. The summed E-state index contributed by atoms with van der Waals surface area (Å²) < 4.78 is 24.4. The van der Waals surface area contributed by atoms with E-state index < -0.39 is 17.9 Å². The number of aromatic hydroxyl groups is 1. The lowest BCUT2D eigenvalue weighted by Gasteiger charge is -2.04. The molecule has 1 heterocycles. The van der Waals surface area contributed by atoms with Gasteiger partial charge in [-0.15, -0.1) is 0 Å². The average molecular weight is 252 g/mol. The van der Waals surface area contributed by atoms with Gasteiger partial charge >= 0.3 is 0 Å². The molecule has 1 aromatic heterocycles. The number of carbonyl (C=O) groups excluding carboxylic acids is 1. The molecular weight excluding hydrogens is 248 g/mol. The number of hydrogen-bond donors (Lipinski definition) is 1. The van der Waals surface area contributed by atoms with Gasteiger partial charge in [0.2, 0.25) is 0 Å². The number of pyridine rings is 1. The van der Waals surface area contributed by atoms with E-state index in [1.807, 2.05) is 0 Å². The Hall–Kier alpha value is -1.04. The maximum absolute atomic E-state index is 12.2. The highest BCUT2D eigenvalue weighted by Gasteiger charge is 2.18. The molecule has 0 spiro atoms. The Morgan fingerprint density at radius 3 is 2.69 bits per heavy atom. The van der Waals surface area contributed by atoms with Crippen molar-refractivity contribution in [2.75, 3.05) is 0 Å². The minimum absolute atomic E-state index is 0.0858. The monoisotopic (exact) mass is 251 g/mol. The van der Waals surface area contributed by atoms with Crippen LogP contribution in [0.3, 0.4) is 0 Å². The molecule has 0 bridgehead atoms. The fraction of sp³-hybridized carbons (Fsp3) is 0.143. The number of carbonyl (C=O) groups is 1. The van der Waals surface area contributed by atoms with E-state index >= 15 is 0 Å². The number of nitrogens with zero attached hydrogens (tertiary/aromatic N) is 1. The summed E-state index contributed by atoms with van der Waals surface area (Å²) in [6, 6.07) is 1.16. The summed E-state index contributed by atoms with van der Waals surface area (Å²) in [6.45, 7) is 0. The predicted octanol–water partition coefficient (Wildman–Crippen LogP) is 2.30. The number of alkyl halides is 2. The van der Waals surface area contributed by atoms with Gasteiger partial charge in [-0.25, -0.2) is 13.8 Å². The number of halogens is 3. The highest BCUT2D eigenvalue weighted by molar-refractivity contribution is 9.10. The van der Waals surface area contributed by atoms with Gasteiger partial charge in [0.05, 0.1) is 5.56 Å². The number of aromatic nitrogens is 1. The standard InChI is InChI=1S/C7H4BrF2NO2/c8-4-1-3(2-12)6(13)5(11-4)7(9)10/h1-2,7,13H. The summed E-state index contributed by atoms with van der Waals surface area (Å²) in [4.78, 5) is 13.6. The van der Waals surface area contributed by atoms with Crippen LogP contribution in [0.15, 0.2) is 10.7 Å². The van der Waals surface area contributed by atoms with Crippen molar-refractivity contribution >= 4 is 22.2 Å². The molecule has 0 unspecified atom stereocenters. The molecule has 13 heavy (non-hydrogen) atoms. The molecule has 0 radical (unpaired) electrons. The summed E-state index contributed by atoms with van der Waals surface area (Å²) in [5, 5.41) is 9.09. The Balaban J connectivity index is 3.35. The van der Waals surface area contributed by atoms with Crippen LogP contribution >= 0.6 is 15.9 Å². The molecular formula is C7H4BrF2NO2. The molecule has 1 N–H and O–H groups in total. The minimum Gasteiger partial charge on any atom is -0.505 e. The molecule has 70 valence electrons. The highest BCUT2D eigenvalue weighted by atomic mass is 79.9. The second kappa shape index (κ2) is 3.78. The van der Waals surface area contributed by atoms with Crippen LogP contribution in [-0.4, -0.2) is 16.4 Å². The fourth-order valence-electron chi connectivity index (χ4n) is 0.787. The first-order chi connectivity index (χ1) is 6.06. The van der Waals surface area contributed by atoms with Gasteiger partial charge in [0.1, 0.15) is 10.3 Å². The van der Waals surface area contributed by atoms with Crippen LogP contribution in [0.4, 0.5) is 8.78 Å². The third-order valence-corrected chi connectivity index (χ3v) is 1.76. The van der Waals surface area contributed by atoms with E-state index in [9.17, 15) is 13.6 Å². The van der Waals surface area contributed by atoms with Crippen LogP contribution in [0.25, 0.3) is 0 Å². The SMILES string of the molecule is O=Cc1cc(Br)nc(C(F)F)c1O. The van der Waals surface area contributed by atoms with Crippen LogP contribution < -0.4 is 0 Å². The van der Waals surface area contributed by atoms with Crippen LogP contribution in [-0.2, 0) is 0 Å². The summed E-state index contributed by atoms with van der Waals surface area (Å²) in [5.74, 6) is -0.770. The molecule has 0 amide bonds. The predicted molar refractivity (Wildman–Crippen MR) is 43.9 cm³/mol. The molecule has 0 atom stereocenters. The Bertz CT molecular complexity index is 344. The van der Waals surface area contributed by atoms with E-state index in [2.05, 4.69) is 20.9 Å². The summed E-state index contributed by atoms with van der Waals surface area (Å²) in [5.41, 5.74) is -1.01. The van der Waals surface area contributed by atoms with Gasteiger partial charge in [-0.05, 0) is 22.0 Å². The lowest BCUT2D eigenvalue weighted by molar-refractivity contribution is 0.111. The van der Waals surface area contributed by atoms with Crippen LogP contribution in [0.2, 0.25) is 0 Å². The maximum Gasteiger partial charge on any atom is 0.284 e. The van der Waals surface area contributed by atoms with Gasteiger partial charge < -0.3 is 5.11 Å². The van der Waals surface area contributed by atoms with Gasteiger partial charge in [-0.3, -0.25) is 4.79 Å². The fourth-order valence-corrected chi connectivity index (χ4v) is 1.22. The molecule has 0 fully saturated rings. The molecule has 0 aromatic carbocycles. The zero-order valence-electron chi connectivity index (χ0n) is 6.17. The molecule has 0 aliphatic carbocycles. The first-order valence-corrected chi connectivity index (χ1v) is 3.98. The number of hydrogen-bond acceptors (Lipinski definition) is 3. The molecule has 1 rings (SSSR count). The third-order valence-electron chi connectivity index (χ3n) is 1.35. The summed E-state index contributed by atoms with van der Waals surface area (Å²) in [6.07, 6.45) is -2.62. The van der Waals surface area contributed by atoms with Crippen molar-refractivity contribution in [2.24, 2.45) is 0 Å². The number of aldehydes is 1. The zero-order chi connectivity index (χ0) is 10.0. The third kappa shape index (κ3) is 2.00. The first kappa shape index (κ1) is 10.0. The van der Waals surface area contributed by atoms with Crippen molar-refractivity contribution < 1.29 is 18.7 Å². The highest BCUT2D eigenvalue weighted by Crippen LogP contribution is 2.30. The van der Waals surface area contributed by atoms with E-state index in [1.165, 1.54) is 0 Å². The Morgan fingerprint density at radius 2 is 2.23 bits per heavy atom. The average Bonchev–Trinajstić information content (AvgIpc) is 2.08. The van der Waals surface area contributed by atoms with Gasteiger partial charge in [0.25, 0.3) is 6.43 Å². The van der Waals surface area contributed by atoms with Crippen LogP contribution in [0.5, 0.6) is 5.75 Å². The van der Waals surface area contributed by atoms with Crippen molar-refractivity contribution in [3.63, 3.8) is 0 Å². The molecule has 3 nitrogen and oxygen atoms in total. The van der Waals surface area contributed by atoms with Gasteiger partial charge in [-0.2, -0.15) is 0 Å². The Labute approximate surface area is 80.5 Å². The summed E-state index contributed by atoms with van der Waals surface area (Å²) in [7, 11) is 0. The summed E-state index contributed by atoms with van der Waals surface area (Å²) >= 11 is 2.84. The van der Waals surface area contributed by atoms with Crippen molar-refractivity contribution in [1.29, 1.82) is 0 Å². The minimum atomic E-state index is -2.91. The lowest BCUT2D eigenvalue weighted by Crippen LogP contribution is -1.95. The largest absolute Gasteiger partial charge is 0.505 e. The van der Waals surface area contributed by atoms with Crippen LogP contribution in [0.1, 0.15) is 22.5 Å². The Kier molecular flexibility index (Phi) is 2.92. The zero-order valence-corrected chi connectivity index (χ0v) is 7.75. The molecule has 0 aliphatic rings. The van der Waals surface area contributed by atoms with Gasteiger partial charge in [-0.1, -0.05) is 0 Å². The van der Waals surface area contributed by atoms with E-state index in [0.29, 0.717) is 0 Å². The molecule has 0 aliphatic heterocycles. The van der Waals surface area contributed by atoms with Gasteiger partial charge in [0, 0.05) is 0 Å². The quantitative estimate of drug-likeness (QED) is 0.648. The van der Waals surface area contributed by atoms with E-state index in [0.717, 1.165) is 6.07 Å². The topological polar surface area (TPSA) is 50.2 Å². The molecule has 1 aromatic rings. The first-order valence-electron chi connectivity index (χ1n) is 3.19. The van der Waals surface area contributed by atoms with E-state index in [-0.39, 0.29) is 16.5 Å². The molecule has 6 heteroatoms. The normalized spacial score (nSPS) is 10.5. The number of rotatable bonds is 2. The van der Waals surface area contributed by atoms with Crippen LogP contribution in [0, 0.1) is 0 Å².